The Morgan fingerprint density at radius 2 is 1.85 bits per heavy atom. The second-order valence-electron chi connectivity index (χ2n) is 8.77. The number of aromatic nitrogens is 1. The van der Waals surface area contributed by atoms with Crippen molar-refractivity contribution in [1.82, 2.24) is 9.47 Å². The number of hydrogen-bond acceptors (Lipinski definition) is 6. The van der Waals surface area contributed by atoms with Crippen LogP contribution in [0.25, 0.3) is 22.2 Å². The molecular formula is C27H34N4O2S. The lowest BCUT2D eigenvalue weighted by molar-refractivity contribution is 0.0358. The fourth-order valence-corrected chi connectivity index (χ4v) is 4.33. The zero-order valence-electron chi connectivity index (χ0n) is 19.9. The molecule has 2 fully saturated rings. The van der Waals surface area contributed by atoms with Crippen molar-refractivity contribution in [2.75, 3.05) is 45.2 Å². The average Bonchev–Trinajstić information content (AvgIpc) is 3.59. The summed E-state index contributed by atoms with van der Waals surface area (Å²) in [5, 5.41) is 11.6. The van der Waals surface area contributed by atoms with Crippen molar-refractivity contribution in [3.8, 4) is 23.1 Å². The van der Waals surface area contributed by atoms with E-state index in [9.17, 15) is 5.26 Å². The van der Waals surface area contributed by atoms with Gasteiger partial charge in [-0.05, 0) is 56.0 Å². The molecule has 0 amide bonds. The van der Waals surface area contributed by atoms with Crippen molar-refractivity contribution in [3.63, 3.8) is 0 Å². The maximum Gasteiger partial charge on any atom is 0.121 e. The van der Waals surface area contributed by atoms with Crippen LogP contribution in [0, 0.1) is 11.3 Å². The molecule has 2 aromatic carbocycles. The lowest BCUT2D eigenvalue weighted by atomic mass is 10.1. The highest BCUT2D eigenvalue weighted by molar-refractivity contribution is 7.81. The Bertz CT molecular complexity index is 1130. The third kappa shape index (κ3) is 6.06. The molecule has 7 heteroatoms. The molecule has 1 aliphatic carbocycles. The molecule has 2 N–H and O–H groups in total. The number of nitrogen functional groups attached to an aromatic ring is 1. The maximum atomic E-state index is 9.87. The van der Waals surface area contributed by atoms with E-state index in [-0.39, 0.29) is 0 Å². The second-order valence-corrected chi connectivity index (χ2v) is 9.50. The molecule has 34 heavy (non-hydrogen) atoms. The molecule has 180 valence electrons. The number of thiol groups is 1. The molecule has 0 atom stereocenters. The maximum absolute atomic E-state index is 9.87. The third-order valence-electron chi connectivity index (χ3n) is 6.19. The summed E-state index contributed by atoms with van der Waals surface area (Å²) in [5.41, 5.74) is 10.2. The number of anilines is 1. The van der Waals surface area contributed by atoms with Crippen molar-refractivity contribution in [1.29, 1.82) is 5.26 Å². The first kappa shape index (κ1) is 24.5. The number of nitriles is 1. The molecule has 1 saturated heterocycles. The predicted molar refractivity (Wildman–Crippen MR) is 142 cm³/mol. The summed E-state index contributed by atoms with van der Waals surface area (Å²) in [6.45, 7) is 8.20. The van der Waals surface area contributed by atoms with Crippen molar-refractivity contribution in [3.05, 3.63) is 48.0 Å². The van der Waals surface area contributed by atoms with Crippen LogP contribution in [0.3, 0.4) is 0 Å². The molecule has 0 unspecified atom stereocenters. The molecule has 5 rings (SSSR count). The first-order valence-electron chi connectivity index (χ1n) is 12.1. The molecule has 0 spiro atoms. The van der Waals surface area contributed by atoms with Crippen LogP contribution in [0.4, 0.5) is 5.69 Å². The molecule has 0 radical (unpaired) electrons. The first-order valence-corrected chi connectivity index (χ1v) is 12.7. The highest BCUT2D eigenvalue weighted by Gasteiger charge is 2.18. The summed E-state index contributed by atoms with van der Waals surface area (Å²) in [7, 11) is 0. The van der Waals surface area contributed by atoms with Crippen LogP contribution < -0.4 is 10.5 Å². The van der Waals surface area contributed by atoms with Gasteiger partial charge in [-0.1, -0.05) is 12.1 Å². The minimum absolute atomic E-state index is 0.672. The van der Waals surface area contributed by atoms with Gasteiger partial charge in [0.25, 0.3) is 0 Å². The number of morpholine rings is 1. The van der Waals surface area contributed by atoms with Gasteiger partial charge >= 0.3 is 0 Å². The van der Waals surface area contributed by atoms with Gasteiger partial charge in [-0.15, -0.1) is 0 Å². The van der Waals surface area contributed by atoms with Crippen molar-refractivity contribution < 1.29 is 9.47 Å². The highest BCUT2D eigenvalue weighted by atomic mass is 32.1. The number of aryl methyl sites for hydroxylation is 1. The van der Waals surface area contributed by atoms with Crippen LogP contribution in [0.5, 0.6) is 5.75 Å². The van der Waals surface area contributed by atoms with E-state index in [1.807, 2.05) is 36.4 Å². The van der Waals surface area contributed by atoms with Crippen LogP contribution in [0.1, 0.15) is 31.7 Å². The fourth-order valence-electron chi connectivity index (χ4n) is 4.18. The van der Waals surface area contributed by atoms with Gasteiger partial charge in [0.15, 0.2) is 0 Å². The normalized spacial score (nSPS) is 16.0. The minimum Gasteiger partial charge on any atom is -0.493 e. The zero-order chi connectivity index (χ0) is 23.9. The molecule has 3 aromatic rings. The fraction of sp³-hybridized carbons (Fsp3) is 0.444. The van der Waals surface area contributed by atoms with Gasteiger partial charge in [-0.25, -0.2) is 0 Å². The first-order chi connectivity index (χ1) is 16.6. The Morgan fingerprint density at radius 1 is 1.15 bits per heavy atom. The van der Waals surface area contributed by atoms with Gasteiger partial charge in [0.2, 0.25) is 0 Å². The smallest absolute Gasteiger partial charge is 0.121 e. The van der Waals surface area contributed by atoms with Gasteiger partial charge in [0, 0.05) is 48.6 Å². The molecule has 1 aromatic heterocycles. The zero-order valence-corrected chi connectivity index (χ0v) is 20.8. The number of rotatable bonds is 7. The Labute approximate surface area is 207 Å². The molecule has 2 heterocycles. The Kier molecular flexibility index (Phi) is 8.39. The Balaban J connectivity index is 0.000000620. The number of benzene rings is 2. The number of hydrogen-bond donors (Lipinski definition) is 2. The number of ether oxygens (including phenoxy) is 2. The molecule has 6 nitrogen and oxygen atoms in total. The lowest BCUT2D eigenvalue weighted by Gasteiger charge is -2.26. The SMILES string of the molecule is CCn1c(-c2ccc(N)cc2)c(C#N)c2ccc(OCCCN3CCOCC3)cc21.SC1CC1. The molecule has 1 aliphatic heterocycles. The predicted octanol–water partition coefficient (Wildman–Crippen LogP) is 4.96. The van der Waals surface area contributed by atoms with E-state index >= 15 is 0 Å². The molecule has 1 saturated carbocycles. The van der Waals surface area contributed by atoms with E-state index in [1.165, 1.54) is 12.8 Å². The summed E-state index contributed by atoms with van der Waals surface area (Å²) in [6, 6.07) is 16.1. The largest absolute Gasteiger partial charge is 0.493 e. The molecule has 0 bridgehead atoms. The topological polar surface area (TPSA) is 76.4 Å². The van der Waals surface area contributed by atoms with Gasteiger partial charge in [-0.2, -0.15) is 17.9 Å². The average molecular weight is 479 g/mol. The van der Waals surface area contributed by atoms with Crippen LogP contribution in [0.15, 0.2) is 42.5 Å². The monoisotopic (exact) mass is 478 g/mol. The van der Waals surface area contributed by atoms with E-state index in [0.29, 0.717) is 17.9 Å². The molecular weight excluding hydrogens is 444 g/mol. The van der Waals surface area contributed by atoms with Crippen molar-refractivity contribution in [2.24, 2.45) is 0 Å². The van der Waals surface area contributed by atoms with E-state index in [2.05, 4.69) is 41.2 Å². The third-order valence-corrected chi connectivity index (χ3v) is 6.70. The summed E-state index contributed by atoms with van der Waals surface area (Å²) in [5.74, 6) is 0.838. The van der Waals surface area contributed by atoms with Crippen LogP contribution in [0.2, 0.25) is 0 Å². The van der Waals surface area contributed by atoms with Gasteiger partial charge < -0.3 is 19.8 Å². The van der Waals surface area contributed by atoms with E-state index in [0.717, 1.165) is 79.0 Å². The number of nitrogens with zero attached hydrogens (tertiary/aromatic N) is 3. The molecule has 2 aliphatic rings. The number of nitrogens with two attached hydrogens (primary N) is 1. The Hall–Kier alpha value is -2.66. The van der Waals surface area contributed by atoms with Gasteiger partial charge in [-0.3, -0.25) is 4.90 Å². The minimum atomic E-state index is 0.672. The summed E-state index contributed by atoms with van der Waals surface area (Å²) in [6.07, 6.45) is 3.68. The quantitative estimate of drug-likeness (QED) is 0.285. The summed E-state index contributed by atoms with van der Waals surface area (Å²) < 4.78 is 13.6. The van der Waals surface area contributed by atoms with Crippen LogP contribution in [-0.4, -0.2) is 54.2 Å². The highest BCUT2D eigenvalue weighted by Crippen LogP contribution is 2.35. The van der Waals surface area contributed by atoms with Crippen molar-refractivity contribution >= 4 is 29.2 Å². The Morgan fingerprint density at radius 3 is 2.47 bits per heavy atom. The van der Waals surface area contributed by atoms with Crippen LogP contribution >= 0.6 is 12.6 Å². The summed E-state index contributed by atoms with van der Waals surface area (Å²) >= 11 is 4.08. The van der Waals surface area contributed by atoms with Crippen molar-refractivity contribution in [2.45, 2.75) is 38.0 Å². The van der Waals surface area contributed by atoms with E-state index in [1.54, 1.807) is 0 Å². The summed E-state index contributed by atoms with van der Waals surface area (Å²) in [4.78, 5) is 2.41. The number of fused-ring (bicyclic) bond motifs is 1. The van der Waals surface area contributed by atoms with Gasteiger partial charge in [0.1, 0.15) is 11.8 Å². The van der Waals surface area contributed by atoms with Crippen LogP contribution in [-0.2, 0) is 11.3 Å². The standard InChI is InChI=1S/C24H28N4O2.C3H6S/c1-2-28-23-16-20(30-13-3-10-27-11-14-29-15-12-27)8-9-21(23)22(17-25)24(28)18-4-6-19(26)7-5-18;4-3-1-2-3/h4-9,16H,2-3,10-15,26H2,1H3;3-4H,1-2H2. The van der Waals surface area contributed by atoms with E-state index in [4.69, 9.17) is 15.2 Å². The van der Waals surface area contributed by atoms with E-state index < -0.39 is 0 Å². The second kappa shape index (κ2) is 11.7. The van der Waals surface area contributed by atoms with Gasteiger partial charge in [0.05, 0.1) is 36.6 Å². The lowest BCUT2D eigenvalue weighted by Crippen LogP contribution is -2.37.